The largest absolute Gasteiger partial charge is 0.0654 e. The smallest absolute Gasteiger partial charge is 0.0208 e. The number of benzene rings is 2. The van der Waals surface area contributed by atoms with Crippen LogP contribution in [-0.2, 0) is 6.42 Å². The van der Waals surface area contributed by atoms with Gasteiger partial charge in [0.15, 0.2) is 0 Å². The molecule has 0 N–H and O–H groups in total. The summed E-state index contributed by atoms with van der Waals surface area (Å²) >= 11 is 2.40. The zero-order valence-corrected chi connectivity index (χ0v) is 13.0. The van der Waals surface area contributed by atoms with Crippen molar-refractivity contribution < 1.29 is 0 Å². The molecule has 0 nitrogen and oxygen atoms in total. The Bertz CT molecular complexity index is 485. The van der Waals surface area contributed by atoms with Gasteiger partial charge in [0.1, 0.15) is 0 Å². The van der Waals surface area contributed by atoms with E-state index in [1.54, 1.807) is 0 Å². The summed E-state index contributed by atoms with van der Waals surface area (Å²) in [6.45, 7) is 2.25. The highest BCUT2D eigenvalue weighted by atomic mass is 127. The van der Waals surface area contributed by atoms with E-state index in [1.807, 2.05) is 0 Å². The van der Waals surface area contributed by atoms with E-state index in [1.165, 1.54) is 45.9 Å². The maximum atomic E-state index is 2.40. The highest BCUT2D eigenvalue weighted by Gasteiger charge is 2.01. The van der Waals surface area contributed by atoms with Crippen LogP contribution in [-0.4, -0.2) is 0 Å². The van der Waals surface area contributed by atoms with Crippen LogP contribution in [0.5, 0.6) is 0 Å². The fourth-order valence-electron chi connectivity index (χ4n) is 2.13. The second-order valence-corrected chi connectivity index (χ2v) is 5.80. The summed E-state index contributed by atoms with van der Waals surface area (Å²) in [5.41, 5.74) is 4.11. The van der Waals surface area contributed by atoms with E-state index in [-0.39, 0.29) is 0 Å². The van der Waals surface area contributed by atoms with Crippen LogP contribution < -0.4 is 0 Å². The standard InChI is InChI=1S/C17H19I/c1-2-3-4-7-14-10-12-15(13-11-14)16-8-5-6-9-17(16)18/h5-6,8-13H,2-4,7H2,1H3. The van der Waals surface area contributed by atoms with Gasteiger partial charge >= 0.3 is 0 Å². The summed E-state index contributed by atoms with van der Waals surface area (Å²) in [4.78, 5) is 0. The average molecular weight is 350 g/mol. The van der Waals surface area contributed by atoms with E-state index in [4.69, 9.17) is 0 Å². The van der Waals surface area contributed by atoms with Gasteiger partial charge in [-0.1, -0.05) is 62.2 Å². The molecule has 2 aromatic carbocycles. The fraction of sp³-hybridized carbons (Fsp3) is 0.294. The second kappa shape index (κ2) is 6.93. The maximum absolute atomic E-state index is 2.40. The second-order valence-electron chi connectivity index (χ2n) is 4.63. The van der Waals surface area contributed by atoms with Gasteiger partial charge in [-0.3, -0.25) is 0 Å². The summed E-state index contributed by atoms with van der Waals surface area (Å²) in [6, 6.07) is 17.6. The molecule has 0 unspecified atom stereocenters. The molecule has 0 fully saturated rings. The molecule has 0 aliphatic rings. The molecule has 18 heavy (non-hydrogen) atoms. The number of rotatable bonds is 5. The topological polar surface area (TPSA) is 0 Å². The van der Waals surface area contributed by atoms with E-state index in [9.17, 15) is 0 Å². The first-order chi connectivity index (χ1) is 8.81. The number of halogens is 1. The van der Waals surface area contributed by atoms with Crippen LogP contribution in [0.15, 0.2) is 48.5 Å². The third-order valence-corrected chi connectivity index (χ3v) is 4.15. The van der Waals surface area contributed by atoms with Crippen molar-refractivity contribution in [1.82, 2.24) is 0 Å². The van der Waals surface area contributed by atoms with Gasteiger partial charge in [0.2, 0.25) is 0 Å². The molecule has 0 radical (unpaired) electrons. The van der Waals surface area contributed by atoms with Crippen LogP contribution in [0.3, 0.4) is 0 Å². The van der Waals surface area contributed by atoms with Crippen molar-refractivity contribution in [2.75, 3.05) is 0 Å². The lowest BCUT2D eigenvalue weighted by Gasteiger charge is -2.06. The predicted molar refractivity (Wildman–Crippen MR) is 87.8 cm³/mol. The first-order valence-corrected chi connectivity index (χ1v) is 7.73. The zero-order valence-electron chi connectivity index (χ0n) is 10.8. The molecule has 0 saturated heterocycles. The molecule has 0 saturated carbocycles. The highest BCUT2D eigenvalue weighted by molar-refractivity contribution is 14.1. The van der Waals surface area contributed by atoms with Crippen LogP contribution in [0.1, 0.15) is 31.7 Å². The average Bonchev–Trinajstić information content (AvgIpc) is 2.41. The van der Waals surface area contributed by atoms with E-state index in [0.29, 0.717) is 0 Å². The van der Waals surface area contributed by atoms with Gasteiger partial charge in [-0.05, 0) is 58.2 Å². The third-order valence-electron chi connectivity index (χ3n) is 3.21. The Morgan fingerprint density at radius 1 is 0.889 bits per heavy atom. The minimum absolute atomic E-state index is 1.21. The molecule has 0 heterocycles. The molecule has 0 aliphatic heterocycles. The maximum Gasteiger partial charge on any atom is 0.0208 e. The monoisotopic (exact) mass is 350 g/mol. The van der Waals surface area contributed by atoms with Crippen LogP contribution in [0.2, 0.25) is 0 Å². The summed E-state index contributed by atoms with van der Waals surface area (Å²) in [5, 5.41) is 0. The third kappa shape index (κ3) is 3.58. The van der Waals surface area contributed by atoms with Crippen molar-refractivity contribution in [2.45, 2.75) is 32.6 Å². The normalized spacial score (nSPS) is 10.6. The number of hydrogen-bond donors (Lipinski definition) is 0. The Balaban J connectivity index is 2.10. The molecule has 0 spiro atoms. The lowest BCUT2D eigenvalue weighted by molar-refractivity contribution is 0.717. The molecule has 0 bridgehead atoms. The minimum atomic E-state index is 1.21. The first-order valence-electron chi connectivity index (χ1n) is 6.65. The lowest BCUT2D eigenvalue weighted by Crippen LogP contribution is -1.87. The zero-order chi connectivity index (χ0) is 12.8. The van der Waals surface area contributed by atoms with E-state index >= 15 is 0 Å². The van der Waals surface area contributed by atoms with Gasteiger partial charge in [-0.25, -0.2) is 0 Å². The Morgan fingerprint density at radius 2 is 1.61 bits per heavy atom. The first kappa shape index (κ1) is 13.6. The minimum Gasteiger partial charge on any atom is -0.0654 e. The molecule has 2 aromatic rings. The van der Waals surface area contributed by atoms with E-state index < -0.39 is 0 Å². The Labute approximate surface area is 124 Å². The Hall–Kier alpha value is -0.830. The van der Waals surface area contributed by atoms with Crippen LogP contribution in [0.4, 0.5) is 0 Å². The molecule has 1 heteroatoms. The van der Waals surface area contributed by atoms with Crippen molar-refractivity contribution in [3.8, 4) is 11.1 Å². The van der Waals surface area contributed by atoms with E-state index in [2.05, 4.69) is 78.0 Å². The molecule has 0 atom stereocenters. The van der Waals surface area contributed by atoms with Crippen LogP contribution in [0.25, 0.3) is 11.1 Å². The van der Waals surface area contributed by atoms with Gasteiger partial charge in [-0.2, -0.15) is 0 Å². The quantitative estimate of drug-likeness (QED) is 0.480. The van der Waals surface area contributed by atoms with Crippen LogP contribution >= 0.6 is 22.6 Å². The number of unbranched alkanes of at least 4 members (excludes halogenated alkanes) is 2. The van der Waals surface area contributed by atoms with Gasteiger partial charge in [0.05, 0.1) is 0 Å². The van der Waals surface area contributed by atoms with E-state index in [0.717, 1.165) is 0 Å². The predicted octanol–water partition coefficient (Wildman–Crippen LogP) is 5.69. The molecule has 0 amide bonds. The molecular weight excluding hydrogens is 331 g/mol. The number of hydrogen-bond acceptors (Lipinski definition) is 0. The number of aryl methyl sites for hydroxylation is 1. The van der Waals surface area contributed by atoms with Crippen molar-refractivity contribution >= 4 is 22.6 Å². The summed E-state index contributed by atoms with van der Waals surface area (Å²) < 4.78 is 1.31. The van der Waals surface area contributed by atoms with Crippen molar-refractivity contribution in [3.05, 3.63) is 57.7 Å². The van der Waals surface area contributed by atoms with Crippen molar-refractivity contribution in [3.63, 3.8) is 0 Å². The summed E-state index contributed by atoms with van der Waals surface area (Å²) in [6.07, 6.45) is 5.14. The summed E-state index contributed by atoms with van der Waals surface area (Å²) in [5.74, 6) is 0. The Kier molecular flexibility index (Phi) is 5.24. The van der Waals surface area contributed by atoms with Crippen molar-refractivity contribution in [2.24, 2.45) is 0 Å². The molecule has 0 aromatic heterocycles. The summed E-state index contributed by atoms with van der Waals surface area (Å²) in [7, 11) is 0. The highest BCUT2D eigenvalue weighted by Crippen LogP contribution is 2.25. The molecule has 0 aliphatic carbocycles. The Morgan fingerprint density at radius 3 is 2.28 bits per heavy atom. The SMILES string of the molecule is CCCCCc1ccc(-c2ccccc2I)cc1. The molecule has 2 rings (SSSR count). The van der Waals surface area contributed by atoms with Crippen LogP contribution in [0, 0.1) is 3.57 Å². The van der Waals surface area contributed by atoms with Gasteiger partial charge < -0.3 is 0 Å². The lowest BCUT2D eigenvalue weighted by atomic mass is 10.0. The van der Waals surface area contributed by atoms with Gasteiger partial charge in [0, 0.05) is 3.57 Å². The molecular formula is C17H19I. The van der Waals surface area contributed by atoms with Crippen molar-refractivity contribution in [1.29, 1.82) is 0 Å². The fourth-order valence-corrected chi connectivity index (χ4v) is 2.82. The molecule has 94 valence electrons. The van der Waals surface area contributed by atoms with Gasteiger partial charge in [0.25, 0.3) is 0 Å². The van der Waals surface area contributed by atoms with Gasteiger partial charge in [-0.15, -0.1) is 0 Å².